The van der Waals surface area contributed by atoms with E-state index in [1.807, 2.05) is 66.4 Å². The molecule has 216 valence electrons. The van der Waals surface area contributed by atoms with Gasteiger partial charge in [0.05, 0.1) is 23.5 Å². The van der Waals surface area contributed by atoms with Gasteiger partial charge in [0.15, 0.2) is 0 Å². The highest BCUT2D eigenvalue weighted by Gasteiger charge is 2.61. The second-order valence-corrected chi connectivity index (χ2v) is 12.6. The van der Waals surface area contributed by atoms with Gasteiger partial charge >= 0.3 is 6.03 Å². The molecule has 3 aromatic rings. The molecule has 2 aromatic carbocycles. The molecule has 4 aliphatic rings. The third kappa shape index (κ3) is 4.21. The summed E-state index contributed by atoms with van der Waals surface area (Å²) in [4.78, 5) is 48.6. The van der Waals surface area contributed by atoms with Crippen LogP contribution in [-0.4, -0.2) is 58.2 Å². The predicted molar refractivity (Wildman–Crippen MR) is 159 cm³/mol. The van der Waals surface area contributed by atoms with Gasteiger partial charge in [-0.15, -0.1) is 0 Å². The summed E-state index contributed by atoms with van der Waals surface area (Å²) in [7, 11) is 0. The number of benzene rings is 2. The van der Waals surface area contributed by atoms with Crippen molar-refractivity contribution in [3.8, 4) is 11.5 Å². The number of urea groups is 1. The molecule has 4 amide bonds. The molecule has 7 rings (SSSR count). The number of aromatic nitrogens is 1. The summed E-state index contributed by atoms with van der Waals surface area (Å²) in [5, 5.41) is 7.00. The standard InChI is InChI=1S/C31H32N6O4S/c1-18-16-21(41-20-7-3-2-4-8-20)9-10-23(18)37-24-12-14-34-27-25(24)26(35-30(37)40)31(42-27,29(32)39)19-6-5-15-36(17-19)28(38)22-11-13-33-22/h2-4,7-10,12,14,16,19,22,26,33H,5-6,11,13,15,17H2,1H3,(H2,32,39)(H,35,40)/t19-,22+,26?,31?/m1/s1. The molecule has 10 nitrogen and oxygen atoms in total. The Bertz CT molecular complexity index is 1580. The second kappa shape index (κ2) is 10.3. The van der Waals surface area contributed by atoms with Gasteiger partial charge in [0.2, 0.25) is 11.8 Å². The van der Waals surface area contributed by atoms with E-state index in [0.717, 1.165) is 42.7 Å². The Morgan fingerprint density at radius 2 is 1.90 bits per heavy atom. The van der Waals surface area contributed by atoms with Crippen LogP contribution in [0.2, 0.25) is 0 Å². The van der Waals surface area contributed by atoms with Gasteiger partial charge in [0, 0.05) is 30.8 Å². The van der Waals surface area contributed by atoms with Crippen molar-refractivity contribution >= 4 is 41.0 Å². The maximum absolute atomic E-state index is 13.9. The van der Waals surface area contributed by atoms with Crippen LogP contribution in [0.1, 0.15) is 36.4 Å². The molecule has 1 aromatic heterocycles. The van der Waals surface area contributed by atoms with Gasteiger partial charge in [0.25, 0.3) is 0 Å². The number of nitrogens with two attached hydrogens (primary N) is 1. The van der Waals surface area contributed by atoms with E-state index in [0.29, 0.717) is 35.2 Å². The van der Waals surface area contributed by atoms with Crippen LogP contribution >= 0.6 is 11.8 Å². The molecular weight excluding hydrogens is 552 g/mol. The number of pyridine rings is 1. The average molecular weight is 585 g/mol. The smallest absolute Gasteiger partial charge is 0.327 e. The molecule has 4 atom stereocenters. The molecule has 2 fully saturated rings. The van der Waals surface area contributed by atoms with Crippen LogP contribution in [0.3, 0.4) is 0 Å². The lowest BCUT2D eigenvalue weighted by molar-refractivity contribution is -0.138. The van der Waals surface area contributed by atoms with Crippen molar-refractivity contribution in [1.29, 1.82) is 0 Å². The number of ether oxygens (including phenoxy) is 1. The van der Waals surface area contributed by atoms with Crippen molar-refractivity contribution in [2.24, 2.45) is 11.7 Å². The molecule has 4 N–H and O–H groups in total. The molecule has 0 bridgehead atoms. The van der Waals surface area contributed by atoms with E-state index in [4.69, 9.17) is 10.5 Å². The Kier molecular flexibility index (Phi) is 6.58. The molecule has 0 aliphatic carbocycles. The van der Waals surface area contributed by atoms with E-state index < -0.39 is 16.7 Å². The third-order valence-electron chi connectivity index (χ3n) is 8.86. The van der Waals surface area contributed by atoms with Gasteiger partial charge in [-0.05, 0) is 74.7 Å². The molecule has 11 heteroatoms. The fourth-order valence-electron chi connectivity index (χ4n) is 6.67. The predicted octanol–water partition coefficient (Wildman–Crippen LogP) is 4.02. The summed E-state index contributed by atoms with van der Waals surface area (Å²) in [6, 6.07) is 15.8. The number of carbonyl (C=O) groups is 3. The first kappa shape index (κ1) is 26.8. The molecule has 5 heterocycles. The third-order valence-corrected chi connectivity index (χ3v) is 10.5. The number of carbonyl (C=O) groups excluding carboxylic acids is 3. The number of hydrogen-bond donors (Lipinski definition) is 3. The molecule has 2 saturated heterocycles. The van der Waals surface area contributed by atoms with Gasteiger partial charge in [-0.2, -0.15) is 0 Å². The van der Waals surface area contributed by atoms with Crippen molar-refractivity contribution in [3.05, 3.63) is 71.9 Å². The van der Waals surface area contributed by atoms with E-state index >= 15 is 0 Å². The molecule has 4 aliphatic heterocycles. The van der Waals surface area contributed by atoms with E-state index in [9.17, 15) is 14.4 Å². The summed E-state index contributed by atoms with van der Waals surface area (Å²) in [5.74, 6) is 0.706. The number of primary amides is 1. The van der Waals surface area contributed by atoms with E-state index in [1.54, 1.807) is 11.1 Å². The van der Waals surface area contributed by atoms with Gasteiger partial charge in [-0.1, -0.05) is 30.0 Å². The van der Waals surface area contributed by atoms with Crippen LogP contribution in [-0.2, 0) is 9.59 Å². The highest BCUT2D eigenvalue weighted by molar-refractivity contribution is 8.01. The van der Waals surface area contributed by atoms with Crippen LogP contribution in [0.15, 0.2) is 65.8 Å². The number of anilines is 2. The number of aryl methyl sites for hydroxylation is 1. The van der Waals surface area contributed by atoms with Gasteiger partial charge in [-0.3, -0.25) is 14.5 Å². The molecular formula is C31H32N6O4S. The van der Waals surface area contributed by atoms with Crippen molar-refractivity contribution in [2.75, 3.05) is 24.5 Å². The van der Waals surface area contributed by atoms with Crippen LogP contribution in [0.5, 0.6) is 11.5 Å². The molecule has 0 saturated carbocycles. The fourth-order valence-corrected chi connectivity index (χ4v) is 8.19. The number of para-hydroxylation sites is 1. The minimum Gasteiger partial charge on any atom is -0.457 e. The van der Waals surface area contributed by atoms with Crippen molar-refractivity contribution < 1.29 is 19.1 Å². The second-order valence-electron chi connectivity index (χ2n) is 11.3. The number of thioether (sulfide) groups is 1. The van der Waals surface area contributed by atoms with Crippen molar-refractivity contribution in [3.63, 3.8) is 0 Å². The summed E-state index contributed by atoms with van der Waals surface area (Å²) >= 11 is 1.33. The summed E-state index contributed by atoms with van der Waals surface area (Å²) < 4.78 is 4.84. The lowest BCUT2D eigenvalue weighted by Crippen LogP contribution is -2.62. The van der Waals surface area contributed by atoms with Crippen LogP contribution in [0.4, 0.5) is 16.2 Å². The van der Waals surface area contributed by atoms with Crippen molar-refractivity contribution in [1.82, 2.24) is 20.5 Å². The van der Waals surface area contributed by atoms with E-state index in [1.165, 1.54) is 11.8 Å². The number of amides is 4. The Balaban J connectivity index is 1.22. The first-order valence-corrected chi connectivity index (χ1v) is 15.1. The van der Waals surface area contributed by atoms with Gasteiger partial charge in [0.1, 0.15) is 21.3 Å². The van der Waals surface area contributed by atoms with E-state index in [2.05, 4.69) is 15.6 Å². The Morgan fingerprint density at radius 3 is 2.62 bits per heavy atom. The van der Waals surface area contributed by atoms with Crippen molar-refractivity contribution in [2.45, 2.75) is 48.0 Å². The molecule has 0 radical (unpaired) electrons. The monoisotopic (exact) mass is 584 g/mol. The Hall–Kier alpha value is -4.09. The summed E-state index contributed by atoms with van der Waals surface area (Å²) in [5.41, 5.74) is 9.22. The Labute approximate surface area is 248 Å². The zero-order valence-corrected chi connectivity index (χ0v) is 24.0. The lowest BCUT2D eigenvalue weighted by atomic mass is 9.76. The van der Waals surface area contributed by atoms with Crippen LogP contribution < -0.4 is 26.0 Å². The molecule has 2 unspecified atom stereocenters. The highest BCUT2D eigenvalue weighted by atomic mass is 32.2. The maximum atomic E-state index is 13.9. The zero-order chi connectivity index (χ0) is 29.0. The number of piperidine rings is 1. The average Bonchev–Trinajstić information content (AvgIpc) is 3.30. The topological polar surface area (TPSA) is 130 Å². The minimum absolute atomic E-state index is 0.0684. The first-order chi connectivity index (χ1) is 20.4. The molecule has 42 heavy (non-hydrogen) atoms. The number of hydrogen-bond acceptors (Lipinski definition) is 7. The number of nitrogens with zero attached hydrogens (tertiary/aromatic N) is 3. The van der Waals surface area contributed by atoms with E-state index in [-0.39, 0.29) is 23.9 Å². The molecule has 0 spiro atoms. The van der Waals surface area contributed by atoms with Crippen LogP contribution in [0, 0.1) is 12.8 Å². The number of rotatable bonds is 6. The van der Waals surface area contributed by atoms with Crippen LogP contribution in [0.25, 0.3) is 0 Å². The maximum Gasteiger partial charge on any atom is 0.327 e. The van der Waals surface area contributed by atoms with Gasteiger partial charge in [-0.25, -0.2) is 9.78 Å². The first-order valence-electron chi connectivity index (χ1n) is 14.3. The highest BCUT2D eigenvalue weighted by Crippen LogP contribution is 2.60. The normalized spacial score (nSPS) is 26.2. The quantitative estimate of drug-likeness (QED) is 0.399. The zero-order valence-electron chi connectivity index (χ0n) is 23.2. The SMILES string of the molecule is Cc1cc(Oc2ccccc2)ccc1N1C(=O)NC2c3c1ccnc3SC2(C(N)=O)[C@@H]1CCCN(C(=O)[C@@H]2CCN2)C1. The number of likely N-dealkylation sites (tertiary alicyclic amines) is 1. The fraction of sp³-hybridized carbons (Fsp3) is 0.355. The number of nitrogens with one attached hydrogen (secondary N) is 2. The minimum atomic E-state index is -1.17. The largest absolute Gasteiger partial charge is 0.457 e. The Morgan fingerprint density at radius 1 is 1.10 bits per heavy atom. The van der Waals surface area contributed by atoms with Gasteiger partial charge < -0.3 is 26.0 Å². The lowest BCUT2D eigenvalue weighted by Gasteiger charge is -2.46. The summed E-state index contributed by atoms with van der Waals surface area (Å²) in [6.07, 6.45) is 3.97. The summed E-state index contributed by atoms with van der Waals surface area (Å²) in [6.45, 7) is 3.83.